The molecule has 156 valence electrons. The van der Waals surface area contributed by atoms with Gasteiger partial charge < -0.3 is 24.9 Å². The Morgan fingerprint density at radius 3 is 2.63 bits per heavy atom. The van der Waals surface area contributed by atoms with Crippen LogP contribution in [0.15, 0.2) is 63.9 Å². The van der Waals surface area contributed by atoms with E-state index >= 15 is 0 Å². The SMILES string of the molecule is COc1cc(NC(=S)NC(=O)CSc2ccc(Cl)cc2)ccc1-c1ccc(CO)o1. The first kappa shape index (κ1) is 22.2. The van der Waals surface area contributed by atoms with Crippen LogP contribution in [-0.2, 0) is 11.4 Å². The number of benzene rings is 2. The molecule has 0 aliphatic rings. The molecule has 0 aliphatic heterocycles. The molecule has 0 saturated carbocycles. The second kappa shape index (κ2) is 10.5. The monoisotopic (exact) mass is 462 g/mol. The molecular weight excluding hydrogens is 444 g/mol. The Balaban J connectivity index is 1.57. The Bertz CT molecular complexity index is 1040. The van der Waals surface area contributed by atoms with Crippen LogP contribution in [0.3, 0.4) is 0 Å². The first-order chi connectivity index (χ1) is 14.5. The molecule has 30 heavy (non-hydrogen) atoms. The average molecular weight is 463 g/mol. The highest BCUT2D eigenvalue weighted by Crippen LogP contribution is 2.33. The van der Waals surface area contributed by atoms with Crippen molar-refractivity contribution in [2.75, 3.05) is 18.2 Å². The number of amides is 1. The number of furan rings is 1. The number of aliphatic hydroxyl groups excluding tert-OH is 1. The molecule has 0 aliphatic carbocycles. The van der Waals surface area contributed by atoms with Crippen LogP contribution in [0.25, 0.3) is 11.3 Å². The van der Waals surface area contributed by atoms with Gasteiger partial charge in [-0.3, -0.25) is 4.79 Å². The summed E-state index contributed by atoms with van der Waals surface area (Å²) in [7, 11) is 1.55. The fourth-order valence-corrected chi connectivity index (χ4v) is 3.64. The number of ether oxygens (including phenoxy) is 1. The molecule has 6 nitrogen and oxygen atoms in total. The fraction of sp³-hybridized carbons (Fsp3) is 0.143. The first-order valence-electron chi connectivity index (χ1n) is 8.85. The molecule has 1 heterocycles. The van der Waals surface area contributed by atoms with Gasteiger partial charge in [-0.1, -0.05) is 11.6 Å². The summed E-state index contributed by atoms with van der Waals surface area (Å²) in [4.78, 5) is 13.1. The normalized spacial score (nSPS) is 10.5. The Kier molecular flexibility index (Phi) is 7.75. The van der Waals surface area contributed by atoms with Crippen molar-refractivity contribution in [2.24, 2.45) is 0 Å². The van der Waals surface area contributed by atoms with Crippen molar-refractivity contribution in [2.45, 2.75) is 11.5 Å². The van der Waals surface area contributed by atoms with E-state index in [1.165, 1.54) is 11.8 Å². The largest absolute Gasteiger partial charge is 0.496 e. The van der Waals surface area contributed by atoms with E-state index in [2.05, 4.69) is 10.6 Å². The van der Waals surface area contributed by atoms with E-state index in [1.54, 1.807) is 43.5 Å². The van der Waals surface area contributed by atoms with Crippen LogP contribution in [0.1, 0.15) is 5.76 Å². The zero-order valence-corrected chi connectivity index (χ0v) is 18.4. The molecule has 0 radical (unpaired) electrons. The molecular formula is C21H19ClN2O4S2. The van der Waals surface area contributed by atoms with Crippen molar-refractivity contribution in [3.8, 4) is 17.1 Å². The number of carbonyl (C=O) groups excluding carboxylic acids is 1. The Labute approximate surface area is 188 Å². The molecule has 0 saturated heterocycles. The molecule has 0 bridgehead atoms. The number of hydrogen-bond donors (Lipinski definition) is 3. The van der Waals surface area contributed by atoms with Gasteiger partial charge in [-0.2, -0.15) is 0 Å². The minimum atomic E-state index is -0.219. The highest BCUT2D eigenvalue weighted by Gasteiger charge is 2.12. The van der Waals surface area contributed by atoms with Gasteiger partial charge in [-0.05, 0) is 60.7 Å². The number of thiocarbonyl (C=S) groups is 1. The van der Waals surface area contributed by atoms with Crippen molar-refractivity contribution >= 4 is 52.3 Å². The van der Waals surface area contributed by atoms with Gasteiger partial charge in [-0.15, -0.1) is 11.8 Å². The van der Waals surface area contributed by atoms with Crippen LogP contribution in [0.2, 0.25) is 5.02 Å². The van der Waals surface area contributed by atoms with E-state index in [-0.39, 0.29) is 23.4 Å². The number of aliphatic hydroxyl groups is 1. The molecule has 0 spiro atoms. The summed E-state index contributed by atoms with van der Waals surface area (Å²) in [6, 6.07) is 16.1. The van der Waals surface area contributed by atoms with Gasteiger partial charge >= 0.3 is 0 Å². The molecule has 3 aromatic rings. The summed E-state index contributed by atoms with van der Waals surface area (Å²) in [6.07, 6.45) is 0. The van der Waals surface area contributed by atoms with Crippen LogP contribution in [0, 0.1) is 0 Å². The smallest absolute Gasteiger partial charge is 0.236 e. The molecule has 3 N–H and O–H groups in total. The van der Waals surface area contributed by atoms with E-state index in [0.29, 0.717) is 28.0 Å². The van der Waals surface area contributed by atoms with Crippen LogP contribution in [0.5, 0.6) is 5.75 Å². The average Bonchev–Trinajstić information content (AvgIpc) is 3.22. The summed E-state index contributed by atoms with van der Waals surface area (Å²) in [5.41, 5.74) is 1.39. The van der Waals surface area contributed by atoms with Crippen molar-refractivity contribution < 1.29 is 19.1 Å². The third-order valence-electron chi connectivity index (χ3n) is 3.98. The summed E-state index contributed by atoms with van der Waals surface area (Å²) < 4.78 is 11.0. The second-order valence-corrected chi connectivity index (χ2v) is 7.98. The highest BCUT2D eigenvalue weighted by atomic mass is 35.5. The maximum Gasteiger partial charge on any atom is 0.236 e. The standard InChI is InChI=1S/C21H19ClN2O4S2/c1-27-19-10-14(4-8-17(19)18-9-5-15(11-25)28-18)23-21(29)24-20(26)12-30-16-6-2-13(22)3-7-16/h2-10,25H,11-12H2,1H3,(H2,23,24,26,29). The molecule has 1 aromatic heterocycles. The predicted octanol–water partition coefficient (Wildman–Crippen LogP) is 4.71. The number of hydrogen-bond acceptors (Lipinski definition) is 6. The summed E-state index contributed by atoms with van der Waals surface area (Å²) in [5.74, 6) is 1.61. The Hall–Kier alpha value is -2.52. The van der Waals surface area contributed by atoms with Crippen molar-refractivity contribution in [1.29, 1.82) is 0 Å². The van der Waals surface area contributed by atoms with Gasteiger partial charge in [0, 0.05) is 21.7 Å². The topological polar surface area (TPSA) is 83.7 Å². The van der Waals surface area contributed by atoms with Gasteiger partial charge in [-0.25, -0.2) is 0 Å². The van der Waals surface area contributed by atoms with Crippen LogP contribution in [0.4, 0.5) is 5.69 Å². The Morgan fingerprint density at radius 2 is 1.97 bits per heavy atom. The van der Waals surface area contributed by atoms with Gasteiger partial charge in [0.1, 0.15) is 23.9 Å². The van der Waals surface area contributed by atoms with Crippen molar-refractivity contribution in [3.63, 3.8) is 0 Å². The number of thioether (sulfide) groups is 1. The molecule has 1 amide bonds. The van der Waals surface area contributed by atoms with E-state index in [4.69, 9.17) is 38.1 Å². The van der Waals surface area contributed by atoms with E-state index < -0.39 is 0 Å². The van der Waals surface area contributed by atoms with Crippen LogP contribution < -0.4 is 15.4 Å². The van der Waals surface area contributed by atoms with Gasteiger partial charge in [0.25, 0.3) is 0 Å². The lowest BCUT2D eigenvalue weighted by Gasteiger charge is -2.12. The zero-order chi connectivity index (χ0) is 21.5. The van der Waals surface area contributed by atoms with Crippen LogP contribution in [-0.4, -0.2) is 29.0 Å². The second-order valence-electron chi connectivity index (χ2n) is 6.08. The van der Waals surface area contributed by atoms with E-state index in [1.807, 2.05) is 18.2 Å². The number of nitrogens with one attached hydrogen (secondary N) is 2. The maximum atomic E-state index is 12.1. The molecule has 0 fully saturated rings. The molecule has 0 atom stereocenters. The summed E-state index contributed by atoms with van der Waals surface area (Å²) >= 11 is 12.5. The minimum Gasteiger partial charge on any atom is -0.496 e. The predicted molar refractivity (Wildman–Crippen MR) is 123 cm³/mol. The lowest BCUT2D eigenvalue weighted by molar-refractivity contribution is -0.117. The number of carbonyl (C=O) groups is 1. The summed E-state index contributed by atoms with van der Waals surface area (Å²) in [6.45, 7) is -0.174. The van der Waals surface area contributed by atoms with E-state index in [9.17, 15) is 4.79 Å². The quantitative estimate of drug-likeness (QED) is 0.346. The van der Waals surface area contributed by atoms with Gasteiger partial charge in [0.05, 0.1) is 18.4 Å². The lowest BCUT2D eigenvalue weighted by Crippen LogP contribution is -2.35. The zero-order valence-electron chi connectivity index (χ0n) is 16.0. The van der Waals surface area contributed by atoms with Crippen molar-refractivity contribution in [3.05, 3.63) is 65.4 Å². The number of rotatable bonds is 7. The fourth-order valence-electron chi connectivity index (χ4n) is 2.58. The van der Waals surface area contributed by atoms with Gasteiger partial charge in [0.15, 0.2) is 5.11 Å². The highest BCUT2D eigenvalue weighted by molar-refractivity contribution is 8.00. The van der Waals surface area contributed by atoms with Crippen molar-refractivity contribution in [1.82, 2.24) is 5.32 Å². The maximum absolute atomic E-state index is 12.1. The summed E-state index contributed by atoms with van der Waals surface area (Å²) in [5, 5.41) is 15.6. The van der Waals surface area contributed by atoms with E-state index in [0.717, 1.165) is 10.5 Å². The lowest BCUT2D eigenvalue weighted by atomic mass is 10.1. The third kappa shape index (κ3) is 5.99. The molecule has 0 unspecified atom stereocenters. The Morgan fingerprint density at radius 1 is 1.20 bits per heavy atom. The number of anilines is 1. The number of methoxy groups -OCH3 is 1. The van der Waals surface area contributed by atoms with Gasteiger partial charge in [0.2, 0.25) is 5.91 Å². The third-order valence-corrected chi connectivity index (χ3v) is 5.45. The number of halogens is 1. The molecule has 2 aromatic carbocycles. The first-order valence-corrected chi connectivity index (χ1v) is 10.6. The van der Waals surface area contributed by atoms with Crippen LogP contribution >= 0.6 is 35.6 Å². The molecule has 3 rings (SSSR count). The minimum absolute atomic E-state index is 0.174. The molecule has 9 heteroatoms.